The lowest BCUT2D eigenvalue weighted by Crippen LogP contribution is -2.37. The maximum atomic E-state index is 13.6. The number of ether oxygens (including phenoxy) is 1. The van der Waals surface area contributed by atoms with Crippen molar-refractivity contribution in [2.24, 2.45) is 12.5 Å². The van der Waals surface area contributed by atoms with Gasteiger partial charge in [-0.1, -0.05) is 43.6 Å². The fraction of sp³-hybridized carbons (Fsp3) is 0.448. The van der Waals surface area contributed by atoms with Gasteiger partial charge in [0.05, 0.1) is 23.0 Å². The minimum Gasteiger partial charge on any atom is -0.477 e. The highest BCUT2D eigenvalue weighted by atomic mass is 35.5. The monoisotopic (exact) mass is 570 g/mol. The molecular formula is C29H39ClN6O4. The van der Waals surface area contributed by atoms with E-state index in [9.17, 15) is 14.4 Å². The van der Waals surface area contributed by atoms with Crippen LogP contribution in [0.2, 0.25) is 5.02 Å². The van der Waals surface area contributed by atoms with Crippen LogP contribution in [0.5, 0.6) is 5.88 Å². The van der Waals surface area contributed by atoms with Gasteiger partial charge in [-0.05, 0) is 51.6 Å². The van der Waals surface area contributed by atoms with Crippen molar-refractivity contribution in [3.8, 4) is 11.6 Å². The normalized spacial score (nSPS) is 12.3. The lowest BCUT2D eigenvalue weighted by molar-refractivity contribution is -0.118. The molecule has 0 aliphatic heterocycles. The van der Waals surface area contributed by atoms with Crippen LogP contribution in [-0.2, 0) is 18.3 Å². The predicted octanol–water partition coefficient (Wildman–Crippen LogP) is 3.90. The minimum atomic E-state index is -0.623. The fourth-order valence-electron chi connectivity index (χ4n) is 4.27. The lowest BCUT2D eigenvalue weighted by atomic mass is 9.88. The van der Waals surface area contributed by atoms with Crippen molar-refractivity contribution in [3.05, 3.63) is 69.2 Å². The van der Waals surface area contributed by atoms with Crippen LogP contribution in [0, 0.1) is 5.41 Å². The number of carbonyl (C=O) groups excluding carboxylic acids is 2. The van der Waals surface area contributed by atoms with E-state index in [1.54, 1.807) is 16.3 Å². The molecule has 40 heavy (non-hydrogen) atoms. The largest absolute Gasteiger partial charge is 0.477 e. The summed E-state index contributed by atoms with van der Waals surface area (Å²) in [5, 5.41) is 6.06. The number of amides is 2. The highest BCUT2D eigenvalue weighted by Gasteiger charge is 2.28. The molecule has 2 aromatic heterocycles. The molecule has 0 aliphatic rings. The van der Waals surface area contributed by atoms with E-state index in [2.05, 4.69) is 27.4 Å². The summed E-state index contributed by atoms with van der Waals surface area (Å²) in [5.74, 6) is -0.528. The molecule has 0 unspecified atom stereocenters. The molecule has 10 nitrogen and oxygen atoms in total. The fourth-order valence-corrected chi connectivity index (χ4v) is 4.42. The van der Waals surface area contributed by atoms with Crippen molar-refractivity contribution < 1.29 is 14.3 Å². The molecule has 1 aromatic carbocycles. The van der Waals surface area contributed by atoms with Crippen LogP contribution in [0.4, 0.5) is 5.69 Å². The van der Waals surface area contributed by atoms with Crippen molar-refractivity contribution in [1.29, 1.82) is 0 Å². The van der Waals surface area contributed by atoms with Crippen LogP contribution in [-0.4, -0.2) is 64.4 Å². The molecule has 0 fully saturated rings. The second kappa shape index (κ2) is 13.1. The number of hydrogen-bond donors (Lipinski definition) is 2. The van der Waals surface area contributed by atoms with E-state index in [0.717, 1.165) is 5.69 Å². The Labute approximate surface area is 240 Å². The summed E-state index contributed by atoms with van der Waals surface area (Å²) >= 11 is 6.04. The van der Waals surface area contributed by atoms with Gasteiger partial charge < -0.3 is 20.3 Å². The lowest BCUT2D eigenvalue weighted by Gasteiger charge is -2.25. The zero-order valence-corrected chi connectivity index (χ0v) is 25.0. The molecule has 0 aliphatic carbocycles. The molecule has 3 aromatic rings. The number of carbonyl (C=O) groups is 2. The van der Waals surface area contributed by atoms with Gasteiger partial charge in [0.25, 0.3) is 11.5 Å². The van der Waals surface area contributed by atoms with Crippen LogP contribution in [0.1, 0.15) is 50.2 Å². The van der Waals surface area contributed by atoms with Crippen LogP contribution >= 0.6 is 11.6 Å². The number of nitrogens with one attached hydrogen (secondary N) is 2. The third kappa shape index (κ3) is 7.51. The first-order valence-corrected chi connectivity index (χ1v) is 13.6. The molecular weight excluding hydrogens is 532 g/mol. The van der Waals surface area contributed by atoms with E-state index in [1.165, 1.54) is 12.3 Å². The van der Waals surface area contributed by atoms with Gasteiger partial charge in [0.2, 0.25) is 11.8 Å². The van der Waals surface area contributed by atoms with Crippen LogP contribution < -0.4 is 20.9 Å². The van der Waals surface area contributed by atoms with E-state index < -0.39 is 11.3 Å². The average molecular weight is 571 g/mol. The predicted molar refractivity (Wildman–Crippen MR) is 158 cm³/mol. The molecule has 3 rings (SSSR count). The molecule has 0 radical (unpaired) electrons. The summed E-state index contributed by atoms with van der Waals surface area (Å²) in [6.07, 6.45) is 2.05. The first-order valence-electron chi connectivity index (χ1n) is 13.2. The number of para-hydroxylation sites is 1. The minimum absolute atomic E-state index is 0.0712. The van der Waals surface area contributed by atoms with Crippen LogP contribution in [0.25, 0.3) is 5.69 Å². The Morgan fingerprint density at radius 2 is 1.88 bits per heavy atom. The zero-order valence-electron chi connectivity index (χ0n) is 24.2. The van der Waals surface area contributed by atoms with Gasteiger partial charge in [0, 0.05) is 38.7 Å². The maximum Gasteiger partial charge on any atom is 0.295 e. The number of halogens is 1. The van der Waals surface area contributed by atoms with E-state index >= 15 is 0 Å². The molecule has 216 valence electrons. The smallest absolute Gasteiger partial charge is 0.295 e. The highest BCUT2D eigenvalue weighted by Crippen LogP contribution is 2.24. The highest BCUT2D eigenvalue weighted by molar-refractivity contribution is 6.30. The number of likely N-dealkylation sites (N-methyl/N-ethyl adjacent to an activating group) is 1. The Hall–Kier alpha value is -3.63. The summed E-state index contributed by atoms with van der Waals surface area (Å²) in [5.41, 5.74) is 0.995. The van der Waals surface area contributed by atoms with Gasteiger partial charge in [-0.25, -0.2) is 9.67 Å². The molecule has 0 bridgehead atoms. The first kappa shape index (κ1) is 30.9. The second-order valence-corrected chi connectivity index (χ2v) is 11.3. The van der Waals surface area contributed by atoms with Gasteiger partial charge in [-0.2, -0.15) is 0 Å². The third-order valence-corrected chi connectivity index (χ3v) is 6.94. The van der Waals surface area contributed by atoms with Gasteiger partial charge in [-0.15, -0.1) is 0 Å². The van der Waals surface area contributed by atoms with Gasteiger partial charge >= 0.3 is 0 Å². The summed E-state index contributed by atoms with van der Waals surface area (Å²) in [6.45, 7) is 8.15. The third-order valence-electron chi connectivity index (χ3n) is 6.73. The van der Waals surface area contributed by atoms with Crippen molar-refractivity contribution in [3.63, 3.8) is 0 Å². The van der Waals surface area contributed by atoms with Crippen molar-refractivity contribution in [2.75, 3.05) is 32.6 Å². The number of pyridine rings is 1. The first-order chi connectivity index (χ1) is 18.8. The van der Waals surface area contributed by atoms with Crippen LogP contribution in [0.15, 0.2) is 47.4 Å². The molecule has 2 heterocycles. The molecule has 0 spiro atoms. The van der Waals surface area contributed by atoms with E-state index in [0.29, 0.717) is 23.7 Å². The van der Waals surface area contributed by atoms with Gasteiger partial charge in [0.15, 0.2) is 0 Å². The van der Waals surface area contributed by atoms with Crippen molar-refractivity contribution >= 4 is 29.1 Å². The van der Waals surface area contributed by atoms with Crippen LogP contribution in [0.3, 0.4) is 0 Å². The van der Waals surface area contributed by atoms with E-state index in [-0.39, 0.29) is 47.6 Å². The van der Waals surface area contributed by atoms with E-state index in [4.69, 9.17) is 16.3 Å². The molecule has 2 amide bonds. The summed E-state index contributed by atoms with van der Waals surface area (Å²) < 4.78 is 8.82. The molecule has 2 N–H and O–H groups in total. The Balaban J connectivity index is 1.79. The number of benzene rings is 1. The average Bonchev–Trinajstić information content (AvgIpc) is 3.12. The summed E-state index contributed by atoms with van der Waals surface area (Å²) in [4.78, 5) is 45.9. The quantitative estimate of drug-likeness (QED) is 0.342. The van der Waals surface area contributed by atoms with Gasteiger partial charge in [-0.3, -0.25) is 19.1 Å². The Morgan fingerprint density at radius 1 is 1.20 bits per heavy atom. The number of hydrogen-bond acceptors (Lipinski definition) is 6. The van der Waals surface area contributed by atoms with Crippen molar-refractivity contribution in [1.82, 2.24) is 24.6 Å². The number of nitrogens with zero attached hydrogens (tertiary/aromatic N) is 4. The second-order valence-electron chi connectivity index (χ2n) is 10.8. The topological polar surface area (TPSA) is 110 Å². The SMILES string of the molecule is CCOc1ncc(Cl)cc1C(=O)NCC(C)(C)CC(=O)Nc1c(C[C@H](C)N(C)C)n(C)n(-c2ccccc2)c1=O. The number of rotatable bonds is 12. The number of aromatic nitrogens is 3. The standard InChI is InChI=1S/C29H39ClN6O4/c1-8-40-27-22(15-20(30)17-31-27)26(38)32-18-29(3,4)16-24(37)33-25-23(14-19(2)34(5)6)35(7)36(28(25)39)21-12-10-9-11-13-21/h9-13,15,17,19H,8,14,16,18H2,1-7H3,(H,32,38)(H,33,37)/t19-/m0/s1. The van der Waals surface area contributed by atoms with E-state index in [1.807, 2.05) is 65.3 Å². The summed E-state index contributed by atoms with van der Waals surface area (Å²) in [6, 6.07) is 10.9. The molecule has 0 saturated heterocycles. The Morgan fingerprint density at radius 3 is 2.50 bits per heavy atom. The number of anilines is 1. The Kier molecular flexibility index (Phi) is 10.2. The molecule has 1 atom stereocenters. The van der Waals surface area contributed by atoms with Gasteiger partial charge in [0.1, 0.15) is 11.3 Å². The Bertz CT molecular complexity index is 1400. The molecule has 11 heteroatoms. The zero-order chi connectivity index (χ0) is 29.6. The maximum absolute atomic E-state index is 13.6. The molecule has 0 saturated carbocycles. The summed E-state index contributed by atoms with van der Waals surface area (Å²) in [7, 11) is 5.77. The van der Waals surface area contributed by atoms with Crippen molar-refractivity contribution in [2.45, 2.75) is 46.6 Å².